The maximum absolute atomic E-state index is 11.7. The largest absolute Gasteiger partial charge is 0.457 e. The van der Waals surface area contributed by atoms with Crippen molar-refractivity contribution in [1.29, 1.82) is 0 Å². The van der Waals surface area contributed by atoms with E-state index in [-0.39, 0.29) is 12.3 Å². The van der Waals surface area contributed by atoms with Crippen LogP contribution in [0.3, 0.4) is 0 Å². The number of hydrogen-bond donors (Lipinski definition) is 0. The molecule has 7 heteroatoms. The van der Waals surface area contributed by atoms with Crippen molar-refractivity contribution < 1.29 is 9.53 Å². The molecule has 0 amide bonds. The Balaban J connectivity index is 2.01. The Morgan fingerprint density at radius 1 is 1.53 bits per heavy atom. The number of aryl methyl sites for hydroxylation is 2. The van der Waals surface area contributed by atoms with Crippen molar-refractivity contribution in [2.75, 3.05) is 6.61 Å². The maximum atomic E-state index is 11.7. The average molecular weight is 261 g/mol. The van der Waals surface area contributed by atoms with Gasteiger partial charge in [-0.3, -0.25) is 4.68 Å². The van der Waals surface area contributed by atoms with E-state index in [2.05, 4.69) is 22.0 Å². The van der Waals surface area contributed by atoms with Crippen LogP contribution in [0.15, 0.2) is 31.1 Å². The van der Waals surface area contributed by atoms with E-state index in [9.17, 15) is 4.79 Å². The molecule has 0 aliphatic heterocycles. The highest BCUT2D eigenvalue weighted by molar-refractivity contribution is 5.88. The Morgan fingerprint density at radius 2 is 2.37 bits per heavy atom. The smallest absolute Gasteiger partial charge is 0.361 e. The fraction of sp³-hybridized carbons (Fsp3) is 0.333. The number of rotatable bonds is 6. The van der Waals surface area contributed by atoms with Crippen molar-refractivity contribution in [2.24, 2.45) is 0 Å². The summed E-state index contributed by atoms with van der Waals surface area (Å²) >= 11 is 0. The van der Waals surface area contributed by atoms with Crippen LogP contribution in [-0.2, 0) is 17.8 Å². The van der Waals surface area contributed by atoms with Gasteiger partial charge in [-0.2, -0.15) is 5.10 Å². The van der Waals surface area contributed by atoms with Gasteiger partial charge < -0.3 is 4.74 Å². The quantitative estimate of drug-likeness (QED) is 0.568. The van der Waals surface area contributed by atoms with Gasteiger partial charge in [0, 0.05) is 12.4 Å². The summed E-state index contributed by atoms with van der Waals surface area (Å²) in [5.41, 5.74) is 0.920. The van der Waals surface area contributed by atoms with E-state index >= 15 is 0 Å². The molecular formula is C12H15N5O2. The molecule has 7 nitrogen and oxygen atoms in total. The van der Waals surface area contributed by atoms with Gasteiger partial charge in [0.15, 0.2) is 5.69 Å². The van der Waals surface area contributed by atoms with Gasteiger partial charge in [0.25, 0.3) is 0 Å². The predicted molar refractivity (Wildman–Crippen MR) is 67.5 cm³/mol. The molecule has 0 spiro atoms. The number of hydrogen-bond acceptors (Lipinski definition) is 5. The van der Waals surface area contributed by atoms with Crippen LogP contribution in [-0.4, -0.2) is 37.4 Å². The molecule has 0 saturated carbocycles. The standard InChI is InChI=1S/C12H15N5O2/c1-3-9-19-12(18)11-10(2)17(15-14-11)8-7-16-6-4-5-13-16/h3-6H,1,7-9H2,2H3. The van der Waals surface area contributed by atoms with Gasteiger partial charge in [-0.05, 0) is 13.0 Å². The Kier molecular flexibility index (Phi) is 4.07. The van der Waals surface area contributed by atoms with Gasteiger partial charge in [-0.1, -0.05) is 17.9 Å². The number of carbonyl (C=O) groups excluding carboxylic acids is 1. The number of aromatic nitrogens is 5. The van der Waals surface area contributed by atoms with E-state index in [1.54, 1.807) is 22.5 Å². The Hall–Kier alpha value is -2.44. The van der Waals surface area contributed by atoms with E-state index in [1.165, 1.54) is 6.08 Å². The van der Waals surface area contributed by atoms with Gasteiger partial charge in [-0.15, -0.1) is 5.10 Å². The second kappa shape index (κ2) is 5.94. The average Bonchev–Trinajstić information content (AvgIpc) is 3.03. The van der Waals surface area contributed by atoms with Crippen molar-refractivity contribution in [3.8, 4) is 0 Å². The Bertz CT molecular complexity index is 559. The normalized spacial score (nSPS) is 10.4. The van der Waals surface area contributed by atoms with Crippen LogP contribution < -0.4 is 0 Å². The lowest BCUT2D eigenvalue weighted by molar-refractivity contribution is 0.0542. The molecule has 0 aliphatic carbocycles. The topological polar surface area (TPSA) is 74.8 Å². The third-order valence-corrected chi connectivity index (χ3v) is 2.61. The molecule has 0 atom stereocenters. The molecule has 100 valence electrons. The van der Waals surface area contributed by atoms with E-state index < -0.39 is 5.97 Å². The Morgan fingerprint density at radius 3 is 3.05 bits per heavy atom. The van der Waals surface area contributed by atoms with Crippen LogP contribution >= 0.6 is 0 Å². The number of carbonyl (C=O) groups is 1. The summed E-state index contributed by atoms with van der Waals surface area (Å²) in [6, 6.07) is 1.85. The molecule has 0 saturated heterocycles. The minimum absolute atomic E-state index is 0.165. The summed E-state index contributed by atoms with van der Waals surface area (Å²) in [5.74, 6) is -0.484. The summed E-state index contributed by atoms with van der Waals surface area (Å²) in [4.78, 5) is 11.7. The van der Waals surface area contributed by atoms with E-state index in [1.807, 2.05) is 12.3 Å². The van der Waals surface area contributed by atoms with Crippen molar-refractivity contribution in [3.63, 3.8) is 0 Å². The van der Waals surface area contributed by atoms with Crippen LogP contribution in [0, 0.1) is 6.92 Å². The van der Waals surface area contributed by atoms with Gasteiger partial charge in [-0.25, -0.2) is 9.48 Å². The van der Waals surface area contributed by atoms with Gasteiger partial charge in [0.1, 0.15) is 6.61 Å². The van der Waals surface area contributed by atoms with Crippen LogP contribution in [0.2, 0.25) is 0 Å². The summed E-state index contributed by atoms with van der Waals surface area (Å²) < 4.78 is 8.38. The van der Waals surface area contributed by atoms with E-state index in [0.29, 0.717) is 18.8 Å². The third kappa shape index (κ3) is 3.06. The third-order valence-electron chi connectivity index (χ3n) is 2.61. The molecule has 2 heterocycles. The highest BCUT2D eigenvalue weighted by atomic mass is 16.5. The predicted octanol–water partition coefficient (Wildman–Crippen LogP) is 0.826. The molecule has 2 aromatic rings. The van der Waals surface area contributed by atoms with Crippen molar-refractivity contribution in [2.45, 2.75) is 20.0 Å². The fourth-order valence-electron chi connectivity index (χ4n) is 1.59. The van der Waals surface area contributed by atoms with Crippen LogP contribution in [0.1, 0.15) is 16.2 Å². The molecule has 0 radical (unpaired) electrons. The van der Waals surface area contributed by atoms with Crippen molar-refractivity contribution >= 4 is 5.97 Å². The zero-order chi connectivity index (χ0) is 13.7. The number of ether oxygens (including phenoxy) is 1. The monoisotopic (exact) mass is 261 g/mol. The first kappa shape index (κ1) is 13.0. The molecule has 2 rings (SSSR count). The first-order valence-electron chi connectivity index (χ1n) is 5.88. The lowest BCUT2D eigenvalue weighted by atomic mass is 10.3. The van der Waals surface area contributed by atoms with Crippen molar-refractivity contribution in [1.82, 2.24) is 24.8 Å². The minimum Gasteiger partial charge on any atom is -0.457 e. The summed E-state index contributed by atoms with van der Waals surface area (Å²) in [6.45, 7) is 6.69. The van der Waals surface area contributed by atoms with Gasteiger partial charge >= 0.3 is 5.97 Å². The van der Waals surface area contributed by atoms with Crippen LogP contribution in [0.4, 0.5) is 0 Å². The number of esters is 1. The minimum atomic E-state index is -0.484. The molecule has 2 aromatic heterocycles. The molecule has 0 unspecified atom stereocenters. The molecule has 0 bridgehead atoms. The lowest BCUT2D eigenvalue weighted by Gasteiger charge is -2.04. The zero-order valence-electron chi connectivity index (χ0n) is 10.7. The second-order valence-electron chi connectivity index (χ2n) is 3.90. The zero-order valence-corrected chi connectivity index (χ0v) is 10.7. The fourth-order valence-corrected chi connectivity index (χ4v) is 1.59. The van der Waals surface area contributed by atoms with E-state index in [4.69, 9.17) is 4.74 Å². The SMILES string of the molecule is C=CCOC(=O)c1nnn(CCn2cccn2)c1C. The lowest BCUT2D eigenvalue weighted by Crippen LogP contribution is -2.12. The number of nitrogens with zero attached hydrogens (tertiary/aromatic N) is 5. The molecule has 0 fully saturated rings. The van der Waals surface area contributed by atoms with Gasteiger partial charge in [0.05, 0.1) is 18.8 Å². The molecular weight excluding hydrogens is 246 g/mol. The van der Waals surface area contributed by atoms with Crippen molar-refractivity contribution in [3.05, 3.63) is 42.5 Å². The Labute approximate surface area is 110 Å². The summed E-state index contributed by atoms with van der Waals surface area (Å²) in [7, 11) is 0. The first-order valence-corrected chi connectivity index (χ1v) is 5.88. The summed E-state index contributed by atoms with van der Waals surface area (Å²) in [5, 5.41) is 11.9. The molecule has 0 N–H and O–H groups in total. The van der Waals surface area contributed by atoms with Gasteiger partial charge in [0.2, 0.25) is 0 Å². The van der Waals surface area contributed by atoms with Crippen LogP contribution in [0.25, 0.3) is 0 Å². The second-order valence-corrected chi connectivity index (χ2v) is 3.90. The van der Waals surface area contributed by atoms with Crippen LogP contribution in [0.5, 0.6) is 0 Å². The molecule has 0 aromatic carbocycles. The molecule has 0 aliphatic rings. The van der Waals surface area contributed by atoms with E-state index in [0.717, 1.165) is 0 Å². The maximum Gasteiger partial charge on any atom is 0.361 e. The molecule has 19 heavy (non-hydrogen) atoms. The summed E-state index contributed by atoms with van der Waals surface area (Å²) in [6.07, 6.45) is 5.09. The highest BCUT2D eigenvalue weighted by Crippen LogP contribution is 2.06. The highest BCUT2D eigenvalue weighted by Gasteiger charge is 2.17. The first-order chi connectivity index (χ1) is 9.22.